The zero-order valence-corrected chi connectivity index (χ0v) is 14.7. The van der Waals surface area contributed by atoms with Crippen LogP contribution >= 0.6 is 36.2 Å². The van der Waals surface area contributed by atoms with Crippen molar-refractivity contribution < 1.29 is 9.18 Å². The second kappa shape index (κ2) is 9.74. The van der Waals surface area contributed by atoms with Gasteiger partial charge in [0.15, 0.2) is 0 Å². The molecule has 0 spiro atoms. The van der Waals surface area contributed by atoms with Crippen LogP contribution in [0.4, 0.5) is 4.39 Å². The molecule has 8 heteroatoms. The summed E-state index contributed by atoms with van der Waals surface area (Å²) in [6.07, 6.45) is 1.50. The predicted molar refractivity (Wildman–Crippen MR) is 92.9 cm³/mol. The lowest BCUT2D eigenvalue weighted by atomic mass is 10.2. The summed E-state index contributed by atoms with van der Waals surface area (Å²) in [5.41, 5.74) is 0.425. The number of carbonyl (C=O) groups excluding carboxylic acids is 1. The highest BCUT2D eigenvalue weighted by molar-refractivity contribution is 7.16. The molecule has 1 amide bonds. The van der Waals surface area contributed by atoms with Gasteiger partial charge in [0.2, 0.25) is 0 Å². The summed E-state index contributed by atoms with van der Waals surface area (Å²) in [5, 5.41) is 3.51. The fourth-order valence-corrected chi connectivity index (χ4v) is 2.64. The van der Waals surface area contributed by atoms with E-state index in [4.69, 9.17) is 0 Å². The smallest absolute Gasteiger partial charge is 0.265 e. The third-order valence-corrected chi connectivity index (χ3v) is 3.88. The molecule has 1 aromatic heterocycles. The van der Waals surface area contributed by atoms with Crippen molar-refractivity contribution in [3.05, 3.63) is 41.2 Å². The Balaban J connectivity index is 0.00000220. The Morgan fingerprint density at radius 3 is 2.68 bits per heavy atom. The quantitative estimate of drug-likeness (QED) is 0.885. The Morgan fingerprint density at radius 1 is 1.36 bits per heavy atom. The van der Waals surface area contributed by atoms with Crippen molar-refractivity contribution in [3.63, 3.8) is 0 Å². The van der Waals surface area contributed by atoms with Crippen molar-refractivity contribution in [2.45, 2.75) is 0 Å². The minimum Gasteiger partial charge on any atom is -0.340 e. The molecule has 0 fully saturated rings. The van der Waals surface area contributed by atoms with E-state index >= 15 is 0 Å². The molecule has 1 N–H and O–H groups in total. The molecule has 1 aromatic carbocycles. The molecule has 1 heterocycles. The lowest BCUT2D eigenvalue weighted by Crippen LogP contribution is -2.32. The van der Waals surface area contributed by atoms with Gasteiger partial charge in [-0.05, 0) is 19.2 Å². The van der Waals surface area contributed by atoms with E-state index in [9.17, 15) is 9.18 Å². The maximum absolute atomic E-state index is 13.7. The molecule has 22 heavy (non-hydrogen) atoms. The number of hydrogen-bond acceptors (Lipinski definition) is 4. The molecule has 0 unspecified atom stereocenters. The van der Waals surface area contributed by atoms with Crippen LogP contribution in [-0.4, -0.2) is 43.0 Å². The van der Waals surface area contributed by atoms with Gasteiger partial charge < -0.3 is 10.2 Å². The second-order valence-corrected chi connectivity index (χ2v) is 5.37. The Kier molecular flexibility index (Phi) is 9.20. The normalized spacial score (nSPS) is 9.59. The zero-order valence-electron chi connectivity index (χ0n) is 12.2. The number of carbonyl (C=O) groups is 1. The number of benzene rings is 1. The lowest BCUT2D eigenvalue weighted by molar-refractivity contribution is 0.0801. The van der Waals surface area contributed by atoms with Gasteiger partial charge in [-0.25, -0.2) is 9.37 Å². The van der Waals surface area contributed by atoms with Gasteiger partial charge in [-0.3, -0.25) is 4.79 Å². The van der Waals surface area contributed by atoms with Crippen LogP contribution in [0, 0.1) is 5.82 Å². The van der Waals surface area contributed by atoms with Gasteiger partial charge in [-0.2, -0.15) is 0 Å². The number of nitrogens with zero attached hydrogens (tertiary/aromatic N) is 2. The molecule has 0 saturated carbocycles. The fourth-order valence-electron chi connectivity index (χ4n) is 1.70. The first kappa shape index (κ1) is 20.8. The first-order chi connectivity index (χ1) is 9.63. The first-order valence-electron chi connectivity index (χ1n) is 6.24. The first-order valence-corrected chi connectivity index (χ1v) is 7.06. The van der Waals surface area contributed by atoms with Gasteiger partial charge >= 0.3 is 0 Å². The fraction of sp³-hybridized carbons (Fsp3) is 0.286. The Morgan fingerprint density at radius 2 is 2.05 bits per heavy atom. The van der Waals surface area contributed by atoms with Crippen LogP contribution in [0.25, 0.3) is 10.6 Å². The number of halogens is 3. The summed E-state index contributed by atoms with van der Waals surface area (Å²) >= 11 is 1.21. The number of rotatable bonds is 5. The Labute approximate surface area is 145 Å². The maximum atomic E-state index is 13.7. The highest BCUT2D eigenvalue weighted by Gasteiger charge is 2.16. The molecule has 0 aliphatic heterocycles. The number of likely N-dealkylation sites (N-methyl/N-ethyl adjacent to an activating group) is 2. The van der Waals surface area contributed by atoms with Crippen LogP contribution in [0.3, 0.4) is 0 Å². The maximum Gasteiger partial charge on any atom is 0.265 e. The Bertz CT molecular complexity index is 609. The summed E-state index contributed by atoms with van der Waals surface area (Å²) in [5.74, 6) is -0.426. The van der Waals surface area contributed by atoms with Crippen molar-refractivity contribution >= 4 is 42.1 Å². The van der Waals surface area contributed by atoms with E-state index < -0.39 is 0 Å². The van der Waals surface area contributed by atoms with Crippen molar-refractivity contribution in [1.29, 1.82) is 0 Å². The molecule has 0 saturated heterocycles. The minimum atomic E-state index is -0.329. The summed E-state index contributed by atoms with van der Waals surface area (Å²) in [6.45, 7) is 1.34. The van der Waals surface area contributed by atoms with E-state index in [2.05, 4.69) is 10.3 Å². The van der Waals surface area contributed by atoms with E-state index in [1.54, 1.807) is 30.1 Å². The molecule has 0 aliphatic rings. The van der Waals surface area contributed by atoms with Crippen LogP contribution in [0.15, 0.2) is 30.5 Å². The predicted octanol–water partition coefficient (Wildman–Crippen LogP) is 3.08. The molecular weight excluding hydrogens is 348 g/mol. The summed E-state index contributed by atoms with van der Waals surface area (Å²) in [6, 6.07) is 6.43. The molecule has 122 valence electrons. The number of thiazole rings is 1. The van der Waals surface area contributed by atoms with Crippen molar-refractivity contribution in [2.75, 3.05) is 27.2 Å². The van der Waals surface area contributed by atoms with Gasteiger partial charge in [0.1, 0.15) is 15.7 Å². The van der Waals surface area contributed by atoms with E-state index in [1.807, 2.05) is 7.05 Å². The van der Waals surface area contributed by atoms with Crippen LogP contribution in [0.5, 0.6) is 0 Å². The van der Waals surface area contributed by atoms with Crippen LogP contribution in [0.1, 0.15) is 9.67 Å². The van der Waals surface area contributed by atoms with Gasteiger partial charge in [-0.1, -0.05) is 12.1 Å². The highest BCUT2D eigenvalue weighted by atomic mass is 35.5. The SMILES string of the molecule is CNCCN(C)C(=O)c1cnc(-c2ccccc2F)s1.Cl.Cl. The van der Waals surface area contributed by atoms with E-state index in [0.29, 0.717) is 22.0 Å². The average molecular weight is 366 g/mol. The molecule has 2 rings (SSSR count). The van der Waals surface area contributed by atoms with Crippen LogP contribution < -0.4 is 5.32 Å². The summed E-state index contributed by atoms with van der Waals surface area (Å²) in [7, 11) is 3.57. The number of amides is 1. The number of nitrogens with one attached hydrogen (secondary N) is 1. The average Bonchev–Trinajstić information content (AvgIpc) is 2.94. The van der Waals surface area contributed by atoms with E-state index in [1.165, 1.54) is 23.6 Å². The van der Waals surface area contributed by atoms with E-state index in [-0.39, 0.29) is 36.5 Å². The molecule has 0 aliphatic carbocycles. The third kappa shape index (κ3) is 4.91. The van der Waals surface area contributed by atoms with Gasteiger partial charge in [0, 0.05) is 25.7 Å². The summed E-state index contributed by atoms with van der Waals surface area (Å²) < 4.78 is 13.7. The zero-order chi connectivity index (χ0) is 14.5. The van der Waals surface area contributed by atoms with Gasteiger partial charge in [0.25, 0.3) is 5.91 Å². The Hall–Kier alpha value is -1.21. The second-order valence-electron chi connectivity index (χ2n) is 4.34. The van der Waals surface area contributed by atoms with E-state index in [0.717, 1.165) is 6.54 Å². The van der Waals surface area contributed by atoms with Crippen LogP contribution in [0.2, 0.25) is 0 Å². The van der Waals surface area contributed by atoms with Gasteiger partial charge in [0.05, 0.1) is 6.20 Å². The van der Waals surface area contributed by atoms with Crippen molar-refractivity contribution in [3.8, 4) is 10.6 Å². The highest BCUT2D eigenvalue weighted by Crippen LogP contribution is 2.27. The number of aromatic nitrogens is 1. The monoisotopic (exact) mass is 365 g/mol. The number of hydrogen-bond donors (Lipinski definition) is 1. The third-order valence-electron chi connectivity index (χ3n) is 2.86. The molecule has 0 atom stereocenters. The standard InChI is InChI=1S/C14H16FN3OS.2ClH/c1-16-7-8-18(2)14(19)12-9-17-13(20-12)10-5-3-4-6-11(10)15;;/h3-6,9,16H,7-8H2,1-2H3;2*1H. The molecule has 0 radical (unpaired) electrons. The molecular formula is C14H18Cl2FN3OS. The summed E-state index contributed by atoms with van der Waals surface area (Å²) in [4.78, 5) is 18.4. The lowest BCUT2D eigenvalue weighted by Gasteiger charge is -2.15. The van der Waals surface area contributed by atoms with Crippen molar-refractivity contribution in [1.82, 2.24) is 15.2 Å². The molecule has 0 bridgehead atoms. The van der Waals surface area contributed by atoms with Gasteiger partial charge in [-0.15, -0.1) is 36.2 Å². The van der Waals surface area contributed by atoms with Crippen molar-refractivity contribution in [2.24, 2.45) is 0 Å². The minimum absolute atomic E-state index is 0. The van der Waals surface area contributed by atoms with Crippen LogP contribution in [-0.2, 0) is 0 Å². The molecule has 4 nitrogen and oxygen atoms in total. The molecule has 2 aromatic rings. The largest absolute Gasteiger partial charge is 0.340 e. The topological polar surface area (TPSA) is 45.2 Å².